The van der Waals surface area contributed by atoms with Gasteiger partial charge in [-0.05, 0) is 32.6 Å². The van der Waals surface area contributed by atoms with Crippen LogP contribution < -0.4 is 4.90 Å². The molecule has 13 heavy (non-hydrogen) atoms. The quantitative estimate of drug-likeness (QED) is 0.686. The lowest BCUT2D eigenvalue weighted by atomic mass is 10.0. The monoisotopic (exact) mass is 195 g/mol. The van der Waals surface area contributed by atoms with Crippen molar-refractivity contribution >= 4 is 16.7 Å². The van der Waals surface area contributed by atoms with E-state index >= 15 is 0 Å². The maximum absolute atomic E-state index is 4.47. The second-order valence-corrected chi connectivity index (χ2v) is 4.72. The number of fused-ring (bicyclic) bond motifs is 2. The molecule has 0 spiro atoms. The second-order valence-electron chi connectivity index (χ2n) is 3.99. The van der Waals surface area contributed by atoms with E-state index in [4.69, 9.17) is 0 Å². The number of hydrogen-bond acceptors (Lipinski definition) is 4. The van der Waals surface area contributed by atoms with Crippen LogP contribution >= 0.6 is 11.5 Å². The Morgan fingerprint density at radius 2 is 1.85 bits per heavy atom. The van der Waals surface area contributed by atoms with Gasteiger partial charge in [0, 0.05) is 23.6 Å². The highest BCUT2D eigenvalue weighted by molar-refractivity contribution is 7.09. The van der Waals surface area contributed by atoms with E-state index in [9.17, 15) is 0 Å². The first-order valence-electron chi connectivity index (χ1n) is 4.93. The van der Waals surface area contributed by atoms with Gasteiger partial charge in [0.2, 0.25) is 5.13 Å². The summed E-state index contributed by atoms with van der Waals surface area (Å²) < 4.78 is 4.25. The molecule has 1 aromatic rings. The normalized spacial score (nSPS) is 31.6. The fourth-order valence-electron chi connectivity index (χ4n) is 2.62. The summed E-state index contributed by atoms with van der Waals surface area (Å²) in [4.78, 5) is 6.97. The number of hydrogen-bond donors (Lipinski definition) is 0. The van der Waals surface area contributed by atoms with Crippen LogP contribution in [0.5, 0.6) is 0 Å². The molecule has 2 aliphatic rings. The molecule has 70 valence electrons. The Bertz CT molecular complexity index is 302. The zero-order valence-corrected chi connectivity index (χ0v) is 8.55. The summed E-state index contributed by atoms with van der Waals surface area (Å²) in [6, 6.07) is 1.55. The summed E-state index contributed by atoms with van der Waals surface area (Å²) in [6.07, 6.45) is 5.46. The molecular formula is C9H13N3S. The highest BCUT2D eigenvalue weighted by Gasteiger charge is 2.40. The minimum absolute atomic E-state index is 0.775. The average Bonchev–Trinajstić information content (AvgIpc) is 2.78. The molecule has 0 aliphatic carbocycles. The van der Waals surface area contributed by atoms with Gasteiger partial charge < -0.3 is 4.90 Å². The van der Waals surface area contributed by atoms with Crippen molar-refractivity contribution in [3.8, 4) is 0 Å². The predicted octanol–water partition coefficient (Wildman–Crippen LogP) is 1.98. The van der Waals surface area contributed by atoms with Crippen LogP contribution in [0.1, 0.15) is 31.5 Å². The third-order valence-electron chi connectivity index (χ3n) is 3.19. The summed E-state index contributed by atoms with van der Waals surface area (Å²) in [7, 11) is 0. The van der Waals surface area contributed by atoms with E-state index in [1.54, 1.807) is 11.5 Å². The van der Waals surface area contributed by atoms with Crippen LogP contribution in [0, 0.1) is 6.92 Å². The summed E-state index contributed by atoms with van der Waals surface area (Å²) in [5.41, 5.74) is 0. The van der Waals surface area contributed by atoms with Crippen LogP contribution in [0.3, 0.4) is 0 Å². The van der Waals surface area contributed by atoms with Crippen LogP contribution in [0.25, 0.3) is 0 Å². The predicted molar refractivity (Wildman–Crippen MR) is 53.2 cm³/mol. The van der Waals surface area contributed by atoms with Crippen LogP contribution in [0.15, 0.2) is 0 Å². The molecule has 2 bridgehead atoms. The molecule has 3 nitrogen and oxygen atoms in total. The Morgan fingerprint density at radius 3 is 2.31 bits per heavy atom. The van der Waals surface area contributed by atoms with Crippen molar-refractivity contribution < 1.29 is 0 Å². The summed E-state index contributed by atoms with van der Waals surface area (Å²) in [5, 5.41) is 1.16. The van der Waals surface area contributed by atoms with Gasteiger partial charge in [-0.1, -0.05) is 0 Å². The number of aryl methyl sites for hydroxylation is 1. The average molecular weight is 195 g/mol. The summed E-state index contributed by atoms with van der Waals surface area (Å²) in [5.74, 6) is 0.923. The summed E-state index contributed by atoms with van der Waals surface area (Å²) >= 11 is 1.56. The van der Waals surface area contributed by atoms with E-state index in [0.717, 1.165) is 23.0 Å². The van der Waals surface area contributed by atoms with E-state index in [2.05, 4.69) is 14.3 Å². The SMILES string of the molecule is Cc1nsc(N2C3CCC2CC3)n1. The van der Waals surface area contributed by atoms with Gasteiger partial charge in [0.15, 0.2) is 0 Å². The molecule has 2 aliphatic heterocycles. The van der Waals surface area contributed by atoms with Gasteiger partial charge in [0.1, 0.15) is 5.82 Å². The van der Waals surface area contributed by atoms with Crippen molar-refractivity contribution in [2.75, 3.05) is 4.90 Å². The first-order valence-corrected chi connectivity index (χ1v) is 5.70. The van der Waals surface area contributed by atoms with Crippen molar-refractivity contribution in [1.82, 2.24) is 9.36 Å². The van der Waals surface area contributed by atoms with Crippen LogP contribution in [0.2, 0.25) is 0 Å². The van der Waals surface area contributed by atoms with Crippen molar-refractivity contribution in [2.24, 2.45) is 0 Å². The lowest BCUT2D eigenvalue weighted by Gasteiger charge is -2.19. The Hall–Kier alpha value is -0.640. The molecule has 2 saturated heterocycles. The molecule has 0 atom stereocenters. The largest absolute Gasteiger partial charge is 0.341 e. The topological polar surface area (TPSA) is 29.0 Å². The first-order chi connectivity index (χ1) is 6.34. The molecule has 0 N–H and O–H groups in total. The second kappa shape index (κ2) is 2.67. The molecule has 4 heteroatoms. The van der Waals surface area contributed by atoms with Crippen LogP contribution in [-0.4, -0.2) is 21.4 Å². The smallest absolute Gasteiger partial charge is 0.205 e. The molecule has 2 fully saturated rings. The Kier molecular flexibility index (Phi) is 1.59. The zero-order valence-electron chi connectivity index (χ0n) is 7.73. The highest BCUT2D eigenvalue weighted by atomic mass is 32.1. The zero-order chi connectivity index (χ0) is 8.84. The Morgan fingerprint density at radius 1 is 1.23 bits per heavy atom. The minimum atomic E-state index is 0.775. The first kappa shape index (κ1) is 7.74. The summed E-state index contributed by atoms with van der Waals surface area (Å²) in [6.45, 7) is 1.97. The van der Waals surface area contributed by atoms with Gasteiger partial charge >= 0.3 is 0 Å². The fraction of sp³-hybridized carbons (Fsp3) is 0.778. The number of anilines is 1. The molecule has 0 aromatic carbocycles. The maximum atomic E-state index is 4.47. The number of aromatic nitrogens is 2. The third-order valence-corrected chi connectivity index (χ3v) is 4.01. The van der Waals surface area contributed by atoms with Crippen molar-refractivity contribution in [3.05, 3.63) is 5.82 Å². The third kappa shape index (κ3) is 1.08. The lowest BCUT2D eigenvalue weighted by molar-refractivity contribution is 0.576. The van der Waals surface area contributed by atoms with Gasteiger partial charge in [-0.2, -0.15) is 4.37 Å². The van der Waals surface area contributed by atoms with Crippen molar-refractivity contribution in [3.63, 3.8) is 0 Å². The van der Waals surface area contributed by atoms with Crippen molar-refractivity contribution in [1.29, 1.82) is 0 Å². The van der Waals surface area contributed by atoms with E-state index < -0.39 is 0 Å². The van der Waals surface area contributed by atoms with Gasteiger partial charge in [0.05, 0.1) is 0 Å². The van der Waals surface area contributed by atoms with E-state index in [1.807, 2.05) is 6.92 Å². The van der Waals surface area contributed by atoms with E-state index in [-0.39, 0.29) is 0 Å². The molecule has 0 saturated carbocycles. The fourth-order valence-corrected chi connectivity index (χ4v) is 3.44. The maximum Gasteiger partial charge on any atom is 0.205 e. The standard InChI is InChI=1S/C9H13N3S/c1-6-10-9(13-11-6)12-7-2-3-8(12)5-4-7/h7-8H,2-5H2,1H3. The van der Waals surface area contributed by atoms with Crippen molar-refractivity contribution in [2.45, 2.75) is 44.7 Å². The lowest BCUT2D eigenvalue weighted by Crippen LogP contribution is -2.27. The number of nitrogens with zero attached hydrogens (tertiary/aromatic N) is 3. The molecule has 1 aromatic heterocycles. The van der Waals surface area contributed by atoms with Gasteiger partial charge in [-0.3, -0.25) is 0 Å². The minimum Gasteiger partial charge on any atom is -0.341 e. The van der Waals surface area contributed by atoms with Gasteiger partial charge in [0.25, 0.3) is 0 Å². The molecule has 3 heterocycles. The van der Waals surface area contributed by atoms with E-state index in [1.165, 1.54) is 25.7 Å². The highest BCUT2D eigenvalue weighted by Crippen LogP contribution is 2.41. The Labute approximate surface area is 82.0 Å². The molecule has 0 amide bonds. The molecule has 3 rings (SSSR count). The van der Waals surface area contributed by atoms with E-state index in [0.29, 0.717) is 0 Å². The molecule has 0 radical (unpaired) electrons. The van der Waals surface area contributed by atoms with Crippen LogP contribution in [-0.2, 0) is 0 Å². The molecular weight excluding hydrogens is 182 g/mol. The van der Waals surface area contributed by atoms with Crippen LogP contribution in [0.4, 0.5) is 5.13 Å². The number of rotatable bonds is 1. The Balaban J connectivity index is 1.93. The van der Waals surface area contributed by atoms with Gasteiger partial charge in [-0.15, -0.1) is 0 Å². The van der Waals surface area contributed by atoms with Gasteiger partial charge in [-0.25, -0.2) is 4.98 Å². The molecule has 0 unspecified atom stereocenters.